The number of imidazole rings is 1. The summed E-state index contributed by atoms with van der Waals surface area (Å²) in [5, 5.41) is 54.8. The van der Waals surface area contributed by atoms with Gasteiger partial charge in [0.1, 0.15) is 44.2 Å². The molecular formula is C45H41N11O17S6. The summed E-state index contributed by atoms with van der Waals surface area (Å²) in [7, 11) is -23.9. The molecule has 0 aliphatic carbocycles. The second-order valence-corrected chi connectivity index (χ2v) is 25.2. The number of azo groups is 4. The first-order valence-electron chi connectivity index (χ1n) is 22.3. The number of rotatable bonds is 21. The number of pyridine rings is 1. The Balaban J connectivity index is 1.24. The number of fused-ring (bicyclic) bond motifs is 3. The van der Waals surface area contributed by atoms with E-state index < -0.39 is 88.2 Å². The van der Waals surface area contributed by atoms with E-state index in [2.05, 4.69) is 52.0 Å². The maximum Gasteiger partial charge on any atom is 0.296 e. The quantitative estimate of drug-likeness (QED) is 0.0168. The highest BCUT2D eigenvalue weighted by atomic mass is 32.2. The molecule has 414 valence electrons. The number of para-hydroxylation sites is 2. The number of hydrogen-bond donors (Lipinski definition) is 6. The van der Waals surface area contributed by atoms with Gasteiger partial charge in [0.25, 0.3) is 50.6 Å². The first-order valence-corrected chi connectivity index (χ1v) is 30.8. The average molecular weight is 1200 g/mol. The van der Waals surface area contributed by atoms with Crippen LogP contribution in [0.5, 0.6) is 11.6 Å². The fourth-order valence-electron chi connectivity index (χ4n) is 7.22. The van der Waals surface area contributed by atoms with E-state index in [4.69, 9.17) is 4.74 Å². The Bertz CT molecular complexity index is 4370. The molecule has 0 fully saturated rings. The van der Waals surface area contributed by atoms with Gasteiger partial charge >= 0.3 is 0 Å². The molecule has 0 unspecified atom stereocenters. The molecule has 2 heterocycles. The van der Waals surface area contributed by atoms with Gasteiger partial charge in [0, 0.05) is 16.5 Å². The van der Waals surface area contributed by atoms with Gasteiger partial charge in [-0.1, -0.05) is 12.1 Å². The van der Waals surface area contributed by atoms with Crippen molar-refractivity contribution >= 4 is 125 Å². The van der Waals surface area contributed by atoms with E-state index in [9.17, 15) is 75.2 Å². The molecule has 0 radical (unpaired) electrons. The van der Waals surface area contributed by atoms with Gasteiger partial charge in [0.15, 0.2) is 11.3 Å². The van der Waals surface area contributed by atoms with Gasteiger partial charge in [-0.05, 0) is 117 Å². The molecule has 79 heavy (non-hydrogen) atoms. The van der Waals surface area contributed by atoms with Crippen molar-refractivity contribution in [2.75, 3.05) is 23.9 Å². The fourth-order valence-corrected chi connectivity index (χ4v) is 11.2. The standard InChI is InChI=1S/C45H41N11O17S6/c1-25-18-36(53-55-43-27(3)30(24-46)44-47-31-8-4-5-9-38(31)56(44)45(43)57)39(73-14-6-16-75(58,59)60)22-34(25)51-54-37-19-26(2)35(23-40(37)74-15-7-17-76(61,62)63)52-50-32-12-10-28(20-41(32)78(67,68)69)48-49-33-13-11-29(77(64,65)66)21-42(33)79(70,71)72/h4-5,8-13,18-23,57H,6-7,14-17H2,1-3H3,(H,58,59,60)(H,61,62,63)(H,64,65,66)(H,67,68,69)(H,70,71,72). The molecule has 5 aromatic carbocycles. The predicted molar refractivity (Wildman–Crippen MR) is 283 cm³/mol. The molecule has 34 heteroatoms. The molecule has 0 spiro atoms. The SMILES string of the molecule is Cc1cc(N=Nc2c(C)c(C#N)c3nc4ccccc4n3c2O)c(OCCCS(=O)(=O)O)cc1N=Nc1cc(C)c(N=Nc2ccc(N=Nc3ccc(S(=O)(=O)O)cc3S(=O)(=O)O)cc2S(=O)(=O)O)cc1SCCCS(=O)(=O)O. The monoisotopic (exact) mass is 1200 g/mol. The Kier molecular flexibility index (Phi) is 17.5. The van der Waals surface area contributed by atoms with Crippen molar-refractivity contribution in [3.63, 3.8) is 0 Å². The zero-order chi connectivity index (χ0) is 57.8. The molecular weight excluding hydrogens is 1160 g/mol. The van der Waals surface area contributed by atoms with Crippen LogP contribution in [0, 0.1) is 32.1 Å². The van der Waals surface area contributed by atoms with Crippen molar-refractivity contribution in [1.82, 2.24) is 9.38 Å². The van der Waals surface area contributed by atoms with Gasteiger partial charge in [-0.25, -0.2) is 4.98 Å². The van der Waals surface area contributed by atoms with Gasteiger partial charge in [-0.2, -0.15) is 62.7 Å². The summed E-state index contributed by atoms with van der Waals surface area (Å²) in [6.45, 7) is 4.52. The van der Waals surface area contributed by atoms with E-state index in [0.717, 1.165) is 42.1 Å². The number of hydrogen-bond acceptors (Lipinski definition) is 23. The van der Waals surface area contributed by atoms with Crippen LogP contribution in [0.1, 0.15) is 35.1 Å². The Labute approximate surface area is 454 Å². The number of benzene rings is 5. The maximum atomic E-state index is 12.6. The molecule has 7 rings (SSSR count). The molecule has 0 aliphatic rings. The number of aromatic nitrogens is 2. The predicted octanol–water partition coefficient (Wildman–Crippen LogP) is 10.4. The molecule has 0 amide bonds. The number of aryl methyl sites for hydroxylation is 2. The van der Waals surface area contributed by atoms with Crippen molar-refractivity contribution in [1.29, 1.82) is 5.26 Å². The minimum absolute atomic E-state index is 0.00286. The molecule has 7 aromatic rings. The Morgan fingerprint density at radius 1 is 0.608 bits per heavy atom. The molecule has 0 bridgehead atoms. The molecule has 0 saturated heterocycles. The van der Waals surface area contributed by atoms with E-state index in [1.165, 1.54) is 28.7 Å². The molecule has 0 atom stereocenters. The summed E-state index contributed by atoms with van der Waals surface area (Å²) >= 11 is 1.07. The Hall–Kier alpha value is -7.56. The van der Waals surface area contributed by atoms with Crippen LogP contribution in [0.25, 0.3) is 16.7 Å². The lowest BCUT2D eigenvalue weighted by Gasteiger charge is -2.12. The number of nitriles is 1. The Morgan fingerprint density at radius 2 is 1.16 bits per heavy atom. The third-order valence-electron chi connectivity index (χ3n) is 11.0. The average Bonchev–Trinajstić information content (AvgIpc) is 4.03. The third kappa shape index (κ3) is 14.8. The van der Waals surface area contributed by atoms with E-state index in [-0.39, 0.29) is 87.7 Å². The number of ether oxygens (including phenoxy) is 1. The van der Waals surface area contributed by atoms with Crippen LogP contribution in [-0.4, -0.2) is 103 Å². The first kappa shape index (κ1) is 59.1. The van der Waals surface area contributed by atoms with Crippen LogP contribution < -0.4 is 4.74 Å². The van der Waals surface area contributed by atoms with Crippen molar-refractivity contribution in [2.24, 2.45) is 40.9 Å². The first-order chi connectivity index (χ1) is 36.9. The van der Waals surface area contributed by atoms with Gasteiger partial charge in [-0.3, -0.25) is 27.2 Å². The van der Waals surface area contributed by atoms with E-state index >= 15 is 0 Å². The molecule has 2 aromatic heterocycles. The van der Waals surface area contributed by atoms with E-state index in [1.54, 1.807) is 45.0 Å². The minimum Gasteiger partial charge on any atom is -0.493 e. The molecule has 28 nitrogen and oxygen atoms in total. The minimum atomic E-state index is -5.15. The highest BCUT2D eigenvalue weighted by Gasteiger charge is 2.24. The van der Waals surface area contributed by atoms with Gasteiger partial charge in [0.2, 0.25) is 5.88 Å². The van der Waals surface area contributed by atoms with Crippen LogP contribution in [-0.2, 0) is 50.6 Å². The summed E-state index contributed by atoms with van der Waals surface area (Å²) in [5.41, 5.74) is 1.43. The third-order valence-corrected chi connectivity index (χ3v) is 16.4. The fraction of sp³-hybridized carbons (Fsp3) is 0.200. The number of nitrogens with zero attached hydrogens (tertiary/aromatic N) is 11. The number of aromatic hydroxyl groups is 1. The van der Waals surface area contributed by atoms with Crippen molar-refractivity contribution < 1.29 is 74.7 Å². The normalized spacial score (nSPS) is 13.0. The lowest BCUT2D eigenvalue weighted by Crippen LogP contribution is -2.08. The second kappa shape index (κ2) is 23.4. The van der Waals surface area contributed by atoms with Crippen molar-refractivity contribution in [3.8, 4) is 17.7 Å². The zero-order valence-corrected chi connectivity index (χ0v) is 45.8. The van der Waals surface area contributed by atoms with Crippen LogP contribution in [0.3, 0.4) is 0 Å². The largest absolute Gasteiger partial charge is 0.493 e. The van der Waals surface area contributed by atoms with Gasteiger partial charge < -0.3 is 9.84 Å². The van der Waals surface area contributed by atoms with Gasteiger partial charge in [-0.15, -0.1) is 37.3 Å². The summed E-state index contributed by atoms with van der Waals surface area (Å²) < 4.78 is 173. The van der Waals surface area contributed by atoms with Gasteiger partial charge in [0.05, 0.1) is 56.8 Å². The van der Waals surface area contributed by atoms with Crippen LogP contribution in [0.4, 0.5) is 45.5 Å². The molecule has 6 N–H and O–H groups in total. The van der Waals surface area contributed by atoms with Crippen LogP contribution in [0.15, 0.2) is 145 Å². The summed E-state index contributed by atoms with van der Waals surface area (Å²) in [6.07, 6.45) is -0.191. The van der Waals surface area contributed by atoms with E-state index in [1.807, 2.05) is 0 Å². The lowest BCUT2D eigenvalue weighted by molar-refractivity contribution is 0.317. The lowest BCUT2D eigenvalue weighted by atomic mass is 10.1. The number of thioether (sulfide) groups is 1. The van der Waals surface area contributed by atoms with Crippen LogP contribution in [0.2, 0.25) is 0 Å². The maximum absolute atomic E-state index is 12.6. The highest BCUT2D eigenvalue weighted by molar-refractivity contribution is 7.99. The Morgan fingerprint density at radius 3 is 1.80 bits per heavy atom. The zero-order valence-electron chi connectivity index (χ0n) is 40.9. The molecule has 0 aliphatic heterocycles. The topological polar surface area (TPSA) is 441 Å². The van der Waals surface area contributed by atoms with E-state index in [0.29, 0.717) is 33.1 Å². The summed E-state index contributed by atoms with van der Waals surface area (Å²) in [5.74, 6) is -1.51. The highest BCUT2D eigenvalue weighted by Crippen LogP contribution is 2.43. The van der Waals surface area contributed by atoms with Crippen molar-refractivity contribution in [3.05, 3.63) is 107 Å². The van der Waals surface area contributed by atoms with Crippen LogP contribution >= 0.6 is 11.8 Å². The second-order valence-electron chi connectivity index (χ2n) is 16.7. The van der Waals surface area contributed by atoms with Crippen molar-refractivity contribution in [2.45, 2.75) is 53.2 Å². The summed E-state index contributed by atoms with van der Waals surface area (Å²) in [6, 6.07) is 19.8. The smallest absolute Gasteiger partial charge is 0.296 e. The molecule has 0 saturated carbocycles. The summed E-state index contributed by atoms with van der Waals surface area (Å²) in [4.78, 5) is 1.99.